The van der Waals surface area contributed by atoms with Crippen LogP contribution >= 0.6 is 11.8 Å². The highest BCUT2D eigenvalue weighted by Gasteiger charge is 2.13. The lowest BCUT2D eigenvalue weighted by molar-refractivity contribution is 0.0755. The van der Waals surface area contributed by atoms with Gasteiger partial charge in [-0.25, -0.2) is 0 Å². The van der Waals surface area contributed by atoms with Gasteiger partial charge in [-0.1, -0.05) is 19.1 Å². The number of rotatable bonds is 5. The van der Waals surface area contributed by atoms with Gasteiger partial charge in [0.25, 0.3) is 5.91 Å². The highest BCUT2D eigenvalue weighted by atomic mass is 32.2. The molecule has 0 fully saturated rings. The van der Waals surface area contributed by atoms with E-state index in [-0.39, 0.29) is 11.9 Å². The van der Waals surface area contributed by atoms with Crippen molar-refractivity contribution in [1.82, 2.24) is 4.90 Å². The van der Waals surface area contributed by atoms with Gasteiger partial charge in [-0.3, -0.25) is 4.79 Å². The van der Waals surface area contributed by atoms with Crippen molar-refractivity contribution in [2.75, 3.05) is 12.8 Å². The SMILES string of the molecule is CCSCc1ccc(C(=O)N(C)C(C)C)cc1. The molecule has 1 rings (SSSR count). The van der Waals surface area contributed by atoms with Gasteiger partial charge in [-0.15, -0.1) is 0 Å². The third-order valence-corrected chi connectivity index (χ3v) is 3.71. The second kappa shape index (κ2) is 6.70. The Morgan fingerprint density at radius 3 is 2.35 bits per heavy atom. The molecule has 0 N–H and O–H groups in total. The Morgan fingerprint density at radius 2 is 1.88 bits per heavy atom. The van der Waals surface area contributed by atoms with Gasteiger partial charge in [0.2, 0.25) is 0 Å². The molecular formula is C14H21NOS. The average molecular weight is 251 g/mol. The molecule has 94 valence electrons. The number of hydrogen-bond donors (Lipinski definition) is 0. The van der Waals surface area contributed by atoms with Crippen LogP contribution in [0.5, 0.6) is 0 Å². The maximum atomic E-state index is 12.0. The van der Waals surface area contributed by atoms with E-state index in [1.165, 1.54) is 5.56 Å². The van der Waals surface area contributed by atoms with Crippen molar-refractivity contribution in [2.45, 2.75) is 32.6 Å². The number of hydrogen-bond acceptors (Lipinski definition) is 2. The summed E-state index contributed by atoms with van der Waals surface area (Å²) in [5.74, 6) is 2.23. The fraction of sp³-hybridized carbons (Fsp3) is 0.500. The smallest absolute Gasteiger partial charge is 0.253 e. The van der Waals surface area contributed by atoms with Crippen molar-refractivity contribution in [2.24, 2.45) is 0 Å². The Bertz CT molecular complexity index is 359. The summed E-state index contributed by atoms with van der Waals surface area (Å²) in [4.78, 5) is 13.8. The highest BCUT2D eigenvalue weighted by molar-refractivity contribution is 7.98. The van der Waals surface area contributed by atoms with E-state index in [9.17, 15) is 4.79 Å². The zero-order valence-corrected chi connectivity index (χ0v) is 11.9. The van der Waals surface area contributed by atoms with Crippen LogP contribution in [-0.4, -0.2) is 29.6 Å². The zero-order chi connectivity index (χ0) is 12.8. The number of nitrogens with zero attached hydrogens (tertiary/aromatic N) is 1. The van der Waals surface area contributed by atoms with Gasteiger partial charge >= 0.3 is 0 Å². The maximum Gasteiger partial charge on any atom is 0.253 e. The minimum absolute atomic E-state index is 0.0923. The van der Waals surface area contributed by atoms with E-state index in [2.05, 4.69) is 6.92 Å². The standard InChI is InChI=1S/C14H21NOS/c1-5-17-10-12-6-8-13(9-7-12)14(16)15(4)11(2)3/h6-9,11H,5,10H2,1-4H3. The van der Waals surface area contributed by atoms with Crippen LogP contribution in [0.15, 0.2) is 24.3 Å². The van der Waals surface area contributed by atoms with Crippen LogP contribution in [0.3, 0.4) is 0 Å². The van der Waals surface area contributed by atoms with Crippen LogP contribution in [0, 0.1) is 0 Å². The van der Waals surface area contributed by atoms with Crippen LogP contribution in [0.2, 0.25) is 0 Å². The third-order valence-electron chi connectivity index (χ3n) is 2.77. The number of amides is 1. The summed E-state index contributed by atoms with van der Waals surface area (Å²) in [6.07, 6.45) is 0. The third kappa shape index (κ3) is 4.08. The molecule has 17 heavy (non-hydrogen) atoms. The van der Waals surface area contributed by atoms with Gasteiger partial charge in [0, 0.05) is 24.4 Å². The Hall–Kier alpha value is -0.960. The maximum absolute atomic E-state index is 12.0. The predicted octanol–water partition coefficient (Wildman–Crippen LogP) is 3.42. The summed E-state index contributed by atoms with van der Waals surface area (Å²) in [7, 11) is 1.84. The fourth-order valence-corrected chi connectivity index (χ4v) is 2.03. The molecule has 0 saturated carbocycles. The van der Waals surface area contributed by atoms with Gasteiger partial charge < -0.3 is 4.90 Å². The Morgan fingerprint density at radius 1 is 1.29 bits per heavy atom. The van der Waals surface area contributed by atoms with Crippen molar-refractivity contribution < 1.29 is 4.79 Å². The molecule has 0 heterocycles. The van der Waals surface area contributed by atoms with Crippen LogP contribution < -0.4 is 0 Å². The molecule has 1 aromatic carbocycles. The van der Waals surface area contributed by atoms with E-state index in [1.807, 2.05) is 56.9 Å². The summed E-state index contributed by atoms with van der Waals surface area (Å²) in [5, 5.41) is 0. The molecular weight excluding hydrogens is 230 g/mol. The van der Waals surface area contributed by atoms with Crippen LogP contribution in [-0.2, 0) is 5.75 Å². The quantitative estimate of drug-likeness (QED) is 0.799. The molecule has 0 aliphatic rings. The van der Waals surface area contributed by atoms with Gasteiger partial charge in [0.15, 0.2) is 0 Å². The lowest BCUT2D eigenvalue weighted by Crippen LogP contribution is -2.32. The van der Waals surface area contributed by atoms with Crippen molar-refractivity contribution >= 4 is 17.7 Å². The number of carbonyl (C=O) groups is 1. The monoisotopic (exact) mass is 251 g/mol. The Kier molecular flexibility index (Phi) is 5.56. The molecule has 0 unspecified atom stereocenters. The molecule has 0 spiro atoms. The second-order valence-electron chi connectivity index (χ2n) is 4.34. The first-order valence-electron chi connectivity index (χ1n) is 6.00. The fourth-order valence-electron chi connectivity index (χ4n) is 1.40. The van der Waals surface area contributed by atoms with E-state index in [4.69, 9.17) is 0 Å². The van der Waals surface area contributed by atoms with Crippen LogP contribution in [0.1, 0.15) is 36.7 Å². The van der Waals surface area contributed by atoms with Gasteiger partial charge in [0.05, 0.1) is 0 Å². The molecule has 0 bridgehead atoms. The van der Waals surface area contributed by atoms with Gasteiger partial charge in [0.1, 0.15) is 0 Å². The Balaban J connectivity index is 2.70. The summed E-state index contributed by atoms with van der Waals surface area (Å²) in [6, 6.07) is 8.17. The number of thioether (sulfide) groups is 1. The van der Waals surface area contributed by atoms with E-state index < -0.39 is 0 Å². The summed E-state index contributed by atoms with van der Waals surface area (Å²) in [5.41, 5.74) is 2.05. The lowest BCUT2D eigenvalue weighted by Gasteiger charge is -2.21. The summed E-state index contributed by atoms with van der Waals surface area (Å²) >= 11 is 1.89. The van der Waals surface area contributed by atoms with Gasteiger partial charge in [-0.05, 0) is 37.3 Å². The molecule has 0 saturated heterocycles. The van der Waals surface area contributed by atoms with Crippen LogP contribution in [0.4, 0.5) is 0 Å². The molecule has 2 nitrogen and oxygen atoms in total. The number of carbonyl (C=O) groups excluding carboxylic acids is 1. The molecule has 1 aromatic rings. The average Bonchev–Trinajstić information content (AvgIpc) is 2.35. The summed E-state index contributed by atoms with van der Waals surface area (Å²) in [6.45, 7) is 6.19. The first-order chi connectivity index (χ1) is 8.06. The summed E-state index contributed by atoms with van der Waals surface area (Å²) < 4.78 is 0. The molecule has 0 aliphatic carbocycles. The predicted molar refractivity (Wildman–Crippen MR) is 75.5 cm³/mol. The molecule has 1 amide bonds. The van der Waals surface area contributed by atoms with E-state index in [0.29, 0.717) is 0 Å². The zero-order valence-electron chi connectivity index (χ0n) is 11.1. The Labute approximate surface area is 108 Å². The molecule has 0 aromatic heterocycles. The normalized spacial score (nSPS) is 10.6. The van der Waals surface area contributed by atoms with Crippen molar-refractivity contribution in [3.63, 3.8) is 0 Å². The van der Waals surface area contributed by atoms with E-state index in [0.717, 1.165) is 17.1 Å². The van der Waals surface area contributed by atoms with Crippen molar-refractivity contribution in [3.05, 3.63) is 35.4 Å². The first kappa shape index (κ1) is 14.1. The molecule has 0 aliphatic heterocycles. The van der Waals surface area contributed by atoms with Crippen molar-refractivity contribution in [3.8, 4) is 0 Å². The first-order valence-corrected chi connectivity index (χ1v) is 7.15. The minimum Gasteiger partial charge on any atom is -0.339 e. The lowest BCUT2D eigenvalue weighted by atomic mass is 10.1. The van der Waals surface area contributed by atoms with Crippen molar-refractivity contribution in [1.29, 1.82) is 0 Å². The molecule has 0 atom stereocenters. The largest absolute Gasteiger partial charge is 0.339 e. The van der Waals surface area contributed by atoms with Gasteiger partial charge in [-0.2, -0.15) is 11.8 Å². The minimum atomic E-state index is 0.0923. The highest BCUT2D eigenvalue weighted by Crippen LogP contribution is 2.14. The number of benzene rings is 1. The van der Waals surface area contributed by atoms with Crippen LogP contribution in [0.25, 0.3) is 0 Å². The molecule has 3 heteroatoms. The molecule has 0 radical (unpaired) electrons. The second-order valence-corrected chi connectivity index (χ2v) is 5.62. The topological polar surface area (TPSA) is 20.3 Å². The van der Waals surface area contributed by atoms with E-state index in [1.54, 1.807) is 4.90 Å². The van der Waals surface area contributed by atoms with E-state index >= 15 is 0 Å².